The summed E-state index contributed by atoms with van der Waals surface area (Å²) in [7, 11) is -2.21. The monoisotopic (exact) mass is 657 g/mol. The Morgan fingerprint density at radius 1 is 1.04 bits per heavy atom. The zero-order valence-corrected chi connectivity index (χ0v) is 28.5. The number of hydrogen-bond donors (Lipinski definition) is 2. The predicted molar refractivity (Wildman–Crippen MR) is 178 cm³/mol. The topological polar surface area (TPSA) is 125 Å². The van der Waals surface area contributed by atoms with Crippen molar-refractivity contribution in [2.24, 2.45) is 11.8 Å². The van der Waals surface area contributed by atoms with Crippen LogP contribution >= 0.6 is 0 Å². The van der Waals surface area contributed by atoms with E-state index < -0.39 is 22.2 Å². The number of aliphatic hydroxyl groups excluding tert-OH is 1. The first-order valence-corrected chi connectivity index (χ1v) is 18.1. The van der Waals surface area contributed by atoms with Crippen LogP contribution in [0.15, 0.2) is 53.4 Å². The van der Waals surface area contributed by atoms with Crippen molar-refractivity contribution in [1.82, 2.24) is 9.21 Å². The van der Waals surface area contributed by atoms with Crippen LogP contribution in [0.2, 0.25) is 0 Å². The number of ether oxygens (including phenoxy) is 2. The van der Waals surface area contributed by atoms with E-state index in [9.17, 15) is 23.1 Å². The summed E-state index contributed by atoms with van der Waals surface area (Å²) in [6, 6.07) is 12.9. The molecule has 46 heavy (non-hydrogen) atoms. The number of aliphatic hydroxyl groups is 1. The molecule has 10 nitrogen and oxygen atoms in total. The highest BCUT2D eigenvalue weighted by Gasteiger charge is 2.32. The Morgan fingerprint density at radius 3 is 2.43 bits per heavy atom. The molecule has 1 saturated carbocycles. The van der Waals surface area contributed by atoms with Crippen LogP contribution in [0.5, 0.6) is 5.75 Å². The molecular formula is C35H51N3O7S. The lowest BCUT2D eigenvalue weighted by molar-refractivity contribution is -0.120. The minimum absolute atomic E-state index is 0.0361. The average molecular weight is 658 g/mol. The van der Waals surface area contributed by atoms with E-state index in [1.807, 2.05) is 13.8 Å². The highest BCUT2D eigenvalue weighted by atomic mass is 32.2. The van der Waals surface area contributed by atoms with Gasteiger partial charge < -0.3 is 24.8 Å². The number of fused-ring (bicyclic) bond motifs is 1. The predicted octanol–water partition coefficient (Wildman–Crippen LogP) is 5.32. The maximum atomic E-state index is 14.3. The molecule has 2 aromatic rings. The maximum absolute atomic E-state index is 14.3. The van der Waals surface area contributed by atoms with Gasteiger partial charge in [0.1, 0.15) is 5.75 Å². The maximum Gasteiger partial charge on any atom is 0.258 e. The van der Waals surface area contributed by atoms with Gasteiger partial charge in [0, 0.05) is 44.3 Å². The Hall–Kier alpha value is -2.99. The molecule has 0 saturated heterocycles. The molecule has 1 heterocycles. The van der Waals surface area contributed by atoms with Crippen molar-refractivity contribution in [2.45, 2.75) is 95.3 Å². The summed E-state index contributed by atoms with van der Waals surface area (Å²) in [5.41, 5.74) is 0.831. The quantitative estimate of drug-likeness (QED) is 0.394. The van der Waals surface area contributed by atoms with Crippen LogP contribution in [-0.4, -0.2) is 86.1 Å². The smallest absolute Gasteiger partial charge is 0.258 e. The number of hydrogen-bond acceptors (Lipinski definition) is 7. The Kier molecular flexibility index (Phi) is 13.0. The van der Waals surface area contributed by atoms with Crippen LogP contribution in [0, 0.1) is 11.8 Å². The largest absolute Gasteiger partial charge is 0.490 e. The van der Waals surface area contributed by atoms with Crippen molar-refractivity contribution >= 4 is 27.5 Å². The van der Waals surface area contributed by atoms with Crippen molar-refractivity contribution in [1.29, 1.82) is 0 Å². The Balaban J connectivity index is 1.63. The third-order valence-electron chi connectivity index (χ3n) is 9.18. The van der Waals surface area contributed by atoms with E-state index in [0.717, 1.165) is 51.4 Å². The van der Waals surface area contributed by atoms with Crippen LogP contribution in [0.1, 0.15) is 82.5 Å². The van der Waals surface area contributed by atoms with E-state index in [0.29, 0.717) is 23.6 Å². The standard InChI is InChI=1S/C35H51N3O7S/c1-25-22-38(26(2)24-39)35(41)31-21-29(36-34(40)28-14-7-5-8-15-28)18-19-32(31)45-27(3)13-11-12-20-44-33(25)23-37(4)46(42,43)30-16-9-6-10-17-30/h6,9-10,16-19,21,25-28,33,39H,5,7-8,11-15,20,22-24H2,1-4H3,(H,36,40)/t25-,26+,27-,33-/m0/s1. The Labute approximate surface area is 274 Å². The lowest BCUT2D eigenvalue weighted by Gasteiger charge is -2.35. The van der Waals surface area contributed by atoms with Gasteiger partial charge in [-0.05, 0) is 76.3 Å². The first-order valence-electron chi connectivity index (χ1n) is 16.7. The molecule has 1 fully saturated rings. The number of rotatable bonds is 8. The van der Waals surface area contributed by atoms with E-state index in [4.69, 9.17) is 9.47 Å². The van der Waals surface area contributed by atoms with Gasteiger partial charge >= 0.3 is 0 Å². The number of benzene rings is 2. The first-order chi connectivity index (χ1) is 22.0. The summed E-state index contributed by atoms with van der Waals surface area (Å²) in [6.07, 6.45) is 6.58. The summed E-state index contributed by atoms with van der Waals surface area (Å²) in [6.45, 7) is 6.14. The third kappa shape index (κ3) is 9.30. The zero-order valence-electron chi connectivity index (χ0n) is 27.7. The van der Waals surface area contributed by atoms with Crippen LogP contribution < -0.4 is 10.1 Å². The minimum atomic E-state index is -3.76. The molecule has 0 radical (unpaired) electrons. The van der Waals surface area contributed by atoms with Crippen molar-refractivity contribution in [2.75, 3.05) is 38.7 Å². The van der Waals surface area contributed by atoms with E-state index in [1.54, 1.807) is 67.4 Å². The summed E-state index contributed by atoms with van der Waals surface area (Å²) in [5, 5.41) is 13.2. The lowest BCUT2D eigenvalue weighted by Crippen LogP contribution is -2.48. The van der Waals surface area contributed by atoms with Crippen LogP contribution in [0.3, 0.4) is 0 Å². The fourth-order valence-corrected chi connectivity index (χ4v) is 7.40. The Bertz CT molecular complexity index is 1400. The highest BCUT2D eigenvalue weighted by Crippen LogP contribution is 2.30. The molecule has 254 valence electrons. The number of carbonyl (C=O) groups is 2. The van der Waals surface area contributed by atoms with Crippen molar-refractivity contribution in [3.05, 3.63) is 54.1 Å². The highest BCUT2D eigenvalue weighted by molar-refractivity contribution is 7.89. The molecule has 11 heteroatoms. The second-order valence-electron chi connectivity index (χ2n) is 12.9. The van der Waals surface area contributed by atoms with Gasteiger partial charge in [0.2, 0.25) is 15.9 Å². The summed E-state index contributed by atoms with van der Waals surface area (Å²) >= 11 is 0. The zero-order chi connectivity index (χ0) is 33.3. The molecule has 1 aliphatic carbocycles. The molecule has 0 spiro atoms. The van der Waals surface area contributed by atoms with E-state index in [1.165, 1.54) is 4.31 Å². The van der Waals surface area contributed by atoms with E-state index >= 15 is 0 Å². The molecule has 4 atom stereocenters. The summed E-state index contributed by atoms with van der Waals surface area (Å²) < 4.78 is 40.6. The number of carbonyl (C=O) groups excluding carboxylic acids is 2. The molecule has 2 amide bonds. The van der Waals surface area contributed by atoms with Crippen LogP contribution in [0.4, 0.5) is 5.69 Å². The molecule has 0 aromatic heterocycles. The molecule has 4 rings (SSSR count). The third-order valence-corrected chi connectivity index (χ3v) is 11.0. The van der Waals surface area contributed by atoms with Gasteiger partial charge in [-0.1, -0.05) is 44.4 Å². The van der Waals surface area contributed by atoms with Gasteiger partial charge in [-0.25, -0.2) is 8.42 Å². The first kappa shape index (κ1) is 35.9. The Morgan fingerprint density at radius 2 is 1.74 bits per heavy atom. The molecule has 2 aliphatic rings. The molecular weight excluding hydrogens is 606 g/mol. The molecule has 0 unspecified atom stereocenters. The van der Waals surface area contributed by atoms with Gasteiger partial charge in [-0.15, -0.1) is 0 Å². The number of sulfonamides is 1. The van der Waals surface area contributed by atoms with Crippen molar-refractivity contribution in [3.63, 3.8) is 0 Å². The van der Waals surface area contributed by atoms with Crippen molar-refractivity contribution in [3.8, 4) is 5.75 Å². The second-order valence-corrected chi connectivity index (χ2v) is 15.0. The number of nitrogens with one attached hydrogen (secondary N) is 1. The lowest BCUT2D eigenvalue weighted by atomic mass is 9.88. The number of nitrogens with zero attached hydrogens (tertiary/aromatic N) is 2. The normalized spacial score (nSPS) is 23.2. The van der Waals surface area contributed by atoms with E-state index in [2.05, 4.69) is 5.32 Å². The SMILES string of the molecule is C[C@H](CO)N1C[C@H](C)[C@H](CN(C)S(=O)(=O)c2ccccc2)OCCCC[C@H](C)Oc2ccc(NC(=O)C3CCCCC3)cc2C1=O. The van der Waals surface area contributed by atoms with Crippen LogP contribution in [-0.2, 0) is 19.6 Å². The fourth-order valence-electron chi connectivity index (χ4n) is 6.20. The van der Waals surface area contributed by atoms with Gasteiger partial charge in [0.05, 0.1) is 35.3 Å². The fraction of sp³-hybridized carbons (Fsp3) is 0.600. The molecule has 2 N–H and O–H groups in total. The molecule has 0 bridgehead atoms. The van der Waals surface area contributed by atoms with Crippen molar-refractivity contribution < 1.29 is 32.6 Å². The molecule has 2 aromatic carbocycles. The minimum Gasteiger partial charge on any atom is -0.490 e. The van der Waals surface area contributed by atoms with Gasteiger partial charge in [0.25, 0.3) is 5.91 Å². The van der Waals surface area contributed by atoms with E-state index in [-0.39, 0.29) is 54.3 Å². The number of likely N-dealkylation sites (N-methyl/N-ethyl adjacent to an activating group) is 1. The summed E-state index contributed by atoms with van der Waals surface area (Å²) in [4.78, 5) is 29.2. The molecule has 1 aliphatic heterocycles. The number of amides is 2. The number of anilines is 1. The summed E-state index contributed by atoms with van der Waals surface area (Å²) in [5.74, 6) is -0.278. The second kappa shape index (κ2) is 16.7. The average Bonchev–Trinajstić information content (AvgIpc) is 3.06. The van der Waals surface area contributed by atoms with Crippen LogP contribution in [0.25, 0.3) is 0 Å². The van der Waals surface area contributed by atoms with Gasteiger partial charge in [-0.2, -0.15) is 4.31 Å². The van der Waals surface area contributed by atoms with Gasteiger partial charge in [-0.3, -0.25) is 9.59 Å². The van der Waals surface area contributed by atoms with Gasteiger partial charge in [0.15, 0.2) is 0 Å².